The van der Waals surface area contributed by atoms with Crippen LogP contribution in [-0.4, -0.2) is 27.4 Å². The van der Waals surface area contributed by atoms with Gasteiger partial charge in [-0.25, -0.2) is 5.48 Å². The van der Waals surface area contributed by atoms with Crippen molar-refractivity contribution in [2.75, 3.05) is 5.32 Å². The number of nitrogens with one attached hydrogen (secondary N) is 3. The summed E-state index contributed by atoms with van der Waals surface area (Å²) in [5.41, 5.74) is 8.02. The maximum absolute atomic E-state index is 11.4. The Bertz CT molecular complexity index is 1210. The minimum absolute atomic E-state index is 0.401. The molecule has 1 atom stereocenters. The molecule has 4 aromatic rings. The molecule has 178 valence electrons. The number of aliphatic hydroxyl groups is 1. The lowest BCUT2D eigenvalue weighted by molar-refractivity contribution is 0.0706. The van der Waals surface area contributed by atoms with Gasteiger partial charge in [-0.2, -0.15) is 0 Å². The van der Waals surface area contributed by atoms with Gasteiger partial charge in [0.05, 0.1) is 0 Å². The van der Waals surface area contributed by atoms with Crippen LogP contribution in [0.5, 0.6) is 0 Å². The maximum atomic E-state index is 11.4. The van der Waals surface area contributed by atoms with Crippen LogP contribution in [0.1, 0.15) is 27.2 Å². The molecule has 0 radical (unpaired) electrons. The van der Waals surface area contributed by atoms with Gasteiger partial charge in [0.2, 0.25) is 0 Å². The van der Waals surface area contributed by atoms with Crippen molar-refractivity contribution < 1.29 is 15.1 Å². The van der Waals surface area contributed by atoms with Crippen molar-refractivity contribution >= 4 is 11.6 Å². The fraction of sp³-hybridized carbons (Fsp3) is 0.143. The number of benzene rings is 3. The molecule has 0 fully saturated rings. The lowest BCUT2D eigenvalue weighted by Gasteiger charge is -2.13. The van der Waals surface area contributed by atoms with Crippen LogP contribution in [0.2, 0.25) is 0 Å². The van der Waals surface area contributed by atoms with Crippen molar-refractivity contribution in [2.24, 2.45) is 0 Å². The van der Waals surface area contributed by atoms with Crippen LogP contribution in [0.15, 0.2) is 97.2 Å². The number of aliphatic hydroxyl groups excluding tert-OH is 1. The number of rotatable bonds is 10. The second-order valence-corrected chi connectivity index (χ2v) is 8.19. The van der Waals surface area contributed by atoms with E-state index in [0.29, 0.717) is 25.1 Å². The smallest absolute Gasteiger partial charge is 0.274 e. The van der Waals surface area contributed by atoms with Crippen molar-refractivity contribution in [1.82, 2.24) is 15.8 Å². The van der Waals surface area contributed by atoms with Crippen LogP contribution in [-0.2, 0) is 19.5 Å². The molecule has 0 saturated heterocycles. The molecule has 35 heavy (non-hydrogen) atoms. The lowest BCUT2D eigenvalue weighted by atomic mass is 10.1. The van der Waals surface area contributed by atoms with Gasteiger partial charge >= 0.3 is 0 Å². The molecule has 3 aromatic carbocycles. The van der Waals surface area contributed by atoms with Crippen LogP contribution < -0.4 is 16.1 Å². The summed E-state index contributed by atoms with van der Waals surface area (Å²) in [6, 6.07) is 29.0. The van der Waals surface area contributed by atoms with Gasteiger partial charge in [-0.15, -0.1) is 0 Å². The molecule has 0 spiro atoms. The Morgan fingerprint density at radius 2 is 1.49 bits per heavy atom. The molecule has 5 N–H and O–H groups in total. The molecule has 7 nitrogen and oxygen atoms in total. The van der Waals surface area contributed by atoms with E-state index in [2.05, 4.69) is 15.6 Å². The monoisotopic (exact) mass is 468 g/mol. The molecule has 1 aromatic heterocycles. The molecular formula is C28H28N4O3. The number of hydroxylamine groups is 1. The number of hydrogen-bond acceptors (Lipinski definition) is 6. The maximum Gasteiger partial charge on any atom is 0.274 e. The Morgan fingerprint density at radius 3 is 2.14 bits per heavy atom. The van der Waals surface area contributed by atoms with E-state index >= 15 is 0 Å². The fourth-order valence-electron chi connectivity index (χ4n) is 3.64. The van der Waals surface area contributed by atoms with E-state index in [1.807, 2.05) is 85.1 Å². The van der Waals surface area contributed by atoms with Gasteiger partial charge in [-0.3, -0.25) is 20.3 Å². The number of carbonyl (C=O) groups is 1. The van der Waals surface area contributed by atoms with Gasteiger partial charge < -0.3 is 10.4 Å². The van der Waals surface area contributed by atoms with E-state index < -0.39 is 12.1 Å². The normalized spacial score (nSPS) is 11.6. The largest absolute Gasteiger partial charge is 0.381 e. The molecule has 0 saturated carbocycles. The van der Waals surface area contributed by atoms with Crippen LogP contribution in [0, 0.1) is 0 Å². The van der Waals surface area contributed by atoms with Gasteiger partial charge in [-0.1, -0.05) is 60.7 Å². The Morgan fingerprint density at radius 1 is 0.800 bits per heavy atom. The van der Waals surface area contributed by atoms with Gasteiger partial charge in [0, 0.05) is 48.2 Å². The summed E-state index contributed by atoms with van der Waals surface area (Å²) >= 11 is 0. The summed E-state index contributed by atoms with van der Waals surface area (Å²) in [4.78, 5) is 15.9. The zero-order chi connectivity index (χ0) is 24.5. The fourth-order valence-corrected chi connectivity index (χ4v) is 3.64. The third-order valence-electron chi connectivity index (χ3n) is 5.64. The number of hydrogen-bond donors (Lipinski definition) is 5. The zero-order valence-corrected chi connectivity index (χ0v) is 19.2. The Kier molecular flexibility index (Phi) is 8.19. The molecule has 1 unspecified atom stereocenters. The van der Waals surface area contributed by atoms with E-state index in [9.17, 15) is 9.90 Å². The van der Waals surface area contributed by atoms with Crippen LogP contribution in [0.25, 0.3) is 11.1 Å². The third-order valence-corrected chi connectivity index (χ3v) is 5.64. The first-order valence-corrected chi connectivity index (χ1v) is 11.4. The van der Waals surface area contributed by atoms with Crippen molar-refractivity contribution in [2.45, 2.75) is 25.7 Å². The molecule has 0 aliphatic heterocycles. The number of nitrogens with zero attached hydrogens (tertiary/aromatic N) is 1. The average Bonchev–Trinajstić information content (AvgIpc) is 2.92. The number of anilines is 1. The van der Waals surface area contributed by atoms with Gasteiger partial charge in [0.15, 0.2) is 0 Å². The predicted octanol–water partition coefficient (Wildman–Crippen LogP) is 4.13. The SMILES string of the molecule is O=C(NO)c1ccc(CNc2ccc(-c3ccc(CC(O)NCc4ccccc4)nc3)cc2)cc1. The second kappa shape index (κ2) is 11.9. The number of pyridine rings is 1. The van der Waals surface area contributed by atoms with Gasteiger partial charge in [0.1, 0.15) is 6.23 Å². The first-order valence-electron chi connectivity index (χ1n) is 11.4. The average molecular weight is 469 g/mol. The molecular weight excluding hydrogens is 440 g/mol. The second-order valence-electron chi connectivity index (χ2n) is 8.19. The first-order chi connectivity index (χ1) is 17.1. The summed E-state index contributed by atoms with van der Waals surface area (Å²) in [6.45, 7) is 1.21. The van der Waals surface area contributed by atoms with Crippen molar-refractivity contribution in [1.29, 1.82) is 0 Å². The van der Waals surface area contributed by atoms with E-state index in [4.69, 9.17) is 5.21 Å². The van der Waals surface area contributed by atoms with Gasteiger partial charge in [0.25, 0.3) is 5.91 Å². The third kappa shape index (κ3) is 6.97. The van der Waals surface area contributed by atoms with Crippen LogP contribution >= 0.6 is 0 Å². The Hall–Kier alpha value is -4.04. The minimum atomic E-state index is -0.665. The number of amides is 1. The summed E-state index contributed by atoms with van der Waals surface area (Å²) in [6.07, 6.45) is 1.59. The summed E-state index contributed by atoms with van der Waals surface area (Å²) in [5.74, 6) is -0.529. The summed E-state index contributed by atoms with van der Waals surface area (Å²) in [7, 11) is 0. The van der Waals surface area contributed by atoms with Gasteiger partial charge in [-0.05, 0) is 47.0 Å². The molecule has 0 aliphatic rings. The topological polar surface area (TPSA) is 107 Å². The predicted molar refractivity (Wildman–Crippen MR) is 136 cm³/mol. The Labute approximate surface area is 204 Å². The van der Waals surface area contributed by atoms with Crippen molar-refractivity contribution in [3.8, 4) is 11.1 Å². The molecule has 1 heterocycles. The molecule has 4 rings (SSSR count). The molecule has 1 amide bonds. The highest BCUT2D eigenvalue weighted by molar-refractivity contribution is 5.93. The Balaban J connectivity index is 1.27. The molecule has 0 aliphatic carbocycles. The lowest BCUT2D eigenvalue weighted by Crippen LogP contribution is -2.30. The number of carbonyl (C=O) groups excluding carboxylic acids is 1. The molecule has 0 bridgehead atoms. The highest BCUT2D eigenvalue weighted by Crippen LogP contribution is 2.21. The molecule has 7 heteroatoms. The quantitative estimate of drug-likeness (QED) is 0.136. The summed E-state index contributed by atoms with van der Waals surface area (Å²) in [5, 5.41) is 25.4. The first kappa shape index (κ1) is 24.1. The van der Waals surface area contributed by atoms with Crippen molar-refractivity contribution in [3.05, 3.63) is 120 Å². The zero-order valence-electron chi connectivity index (χ0n) is 19.2. The van der Waals surface area contributed by atoms with E-state index in [0.717, 1.165) is 33.6 Å². The highest BCUT2D eigenvalue weighted by atomic mass is 16.5. The highest BCUT2D eigenvalue weighted by Gasteiger charge is 2.07. The van der Waals surface area contributed by atoms with Crippen molar-refractivity contribution in [3.63, 3.8) is 0 Å². The van der Waals surface area contributed by atoms with E-state index in [-0.39, 0.29) is 0 Å². The standard InChI is InChI=1S/C28H28N4O3/c33-27(31-18-20-4-2-1-3-5-20)16-26-15-12-24(19-30-26)22-10-13-25(14-11-22)29-17-21-6-8-23(9-7-21)28(34)32-35/h1-15,19,27,29,31,33,35H,16-18H2,(H,32,34). The van der Waals surface area contributed by atoms with Crippen LogP contribution in [0.4, 0.5) is 5.69 Å². The van der Waals surface area contributed by atoms with Crippen LogP contribution in [0.3, 0.4) is 0 Å². The minimum Gasteiger partial charge on any atom is -0.381 e. The van der Waals surface area contributed by atoms with E-state index in [1.165, 1.54) is 0 Å². The van der Waals surface area contributed by atoms with E-state index in [1.54, 1.807) is 17.6 Å². The summed E-state index contributed by atoms with van der Waals surface area (Å²) < 4.78 is 0. The number of aromatic nitrogens is 1.